The smallest absolute Gasteiger partial charge is 1.00 e. The Morgan fingerprint density at radius 2 is 0.924 bits per heavy atom. The molecule has 7 aromatic rings. The third-order valence-corrected chi connectivity index (χ3v) is 18.1. The number of nitrogens with one attached hydrogen (secondary N) is 1. The molecule has 0 aromatic carbocycles. The van der Waals surface area contributed by atoms with Crippen LogP contribution in [0.2, 0.25) is 0 Å². The number of rotatable bonds is 29. The largest absolute Gasteiger partial charge is 1.00 e. The van der Waals surface area contributed by atoms with E-state index in [9.17, 15) is 61.4 Å². The zero-order valence-corrected chi connectivity index (χ0v) is 76.5. The molecule has 6 aliphatic rings. The van der Waals surface area contributed by atoms with Crippen LogP contribution in [0.25, 0.3) is 22.8 Å². The van der Waals surface area contributed by atoms with Crippen LogP contribution in [-0.2, 0) is 91.4 Å². The number of carboxylic acid groups (broad SMARTS) is 2. The number of halogens is 5. The summed E-state index contributed by atoms with van der Waals surface area (Å²) in [7, 11) is 12.8. The summed E-state index contributed by atoms with van der Waals surface area (Å²) in [5, 5.41) is 48.7. The normalized spacial score (nSPS) is 13.5. The number of Topliss-reactive ketones (excluding diaryl/α,β-unsaturated/α-hetero) is 1. The summed E-state index contributed by atoms with van der Waals surface area (Å²) in [5.74, 6) is -0.553. The number of carboxylic acids is 2. The van der Waals surface area contributed by atoms with Gasteiger partial charge in [-0.2, -0.15) is 38.7 Å². The molecule has 0 bridgehead atoms. The number of ether oxygens (including phenoxy) is 3. The van der Waals surface area contributed by atoms with E-state index in [-0.39, 0.29) is 168 Å². The number of alkyl halides is 4. The number of aryl methyl sites for hydroxylation is 5. The van der Waals surface area contributed by atoms with Gasteiger partial charge in [-0.3, -0.25) is 66.6 Å². The van der Waals surface area contributed by atoms with Crippen LogP contribution in [0.3, 0.4) is 0 Å². The maximum Gasteiger partial charge on any atom is 1.00 e. The summed E-state index contributed by atoms with van der Waals surface area (Å²) in [6.45, 7) is 14.2. The summed E-state index contributed by atoms with van der Waals surface area (Å²) >= 11 is 10.1. The van der Waals surface area contributed by atoms with Crippen molar-refractivity contribution < 1.29 is 200 Å². The quantitative estimate of drug-likeness (QED) is 0.00594. The third kappa shape index (κ3) is 45.1. The van der Waals surface area contributed by atoms with E-state index in [1.165, 1.54) is 134 Å². The molecule has 7 heterocycles. The molecule has 0 atom stereocenters. The van der Waals surface area contributed by atoms with Crippen LogP contribution < -0.4 is 119 Å². The maximum absolute atomic E-state index is 12.7. The monoisotopic (exact) mass is 1770 g/mol. The molecule has 6 aliphatic carbocycles. The molecule has 0 saturated heterocycles. The topological polar surface area (TPSA) is 444 Å². The molecule has 2 amide bonds. The van der Waals surface area contributed by atoms with Gasteiger partial charge in [-0.15, -0.1) is 11.6 Å². The predicted molar refractivity (Wildman–Crippen MR) is 426 cm³/mol. The Morgan fingerprint density at radius 3 is 1.18 bits per heavy atom. The molecule has 0 unspecified atom stereocenters. The predicted octanol–water partition coefficient (Wildman–Crippen LogP) is 1.52. The van der Waals surface area contributed by atoms with Gasteiger partial charge in [0.15, 0.2) is 0 Å². The maximum atomic E-state index is 12.7. The van der Waals surface area contributed by atoms with Gasteiger partial charge in [-0.05, 0) is 157 Å². The van der Waals surface area contributed by atoms with E-state index in [2.05, 4.69) is 85.5 Å². The number of nitrogens with zero attached hydrogens (tertiary/aromatic N) is 17. The zero-order chi connectivity index (χ0) is 85.5. The van der Waals surface area contributed by atoms with Crippen LogP contribution in [0.5, 0.6) is 0 Å². The Labute approximate surface area is 788 Å². The fraction of sp³-hybridized carbons (Fsp3) is 0.592. The third-order valence-electron chi connectivity index (χ3n) is 17.6. The number of carbonyl (C=O) groups excluding carboxylic acids is 8. The van der Waals surface area contributed by atoms with Crippen LogP contribution >= 0.6 is 23.2 Å². The number of methoxy groups -OCH3 is 3. The second kappa shape index (κ2) is 58.9. The first-order valence-corrected chi connectivity index (χ1v) is 38.1. The molecule has 13 rings (SSSR count). The van der Waals surface area contributed by atoms with E-state index in [1.807, 2.05) is 13.2 Å². The fourth-order valence-electron chi connectivity index (χ4n) is 10.1. The molecule has 5 N–H and O–H groups in total. The number of aliphatic carboxylic acids is 1. The van der Waals surface area contributed by atoms with Crippen molar-refractivity contribution in [2.75, 3.05) is 92.7 Å². The van der Waals surface area contributed by atoms with E-state index in [0.717, 1.165) is 81.8 Å². The van der Waals surface area contributed by atoms with Gasteiger partial charge in [0.2, 0.25) is 0 Å². The zero-order valence-electron chi connectivity index (χ0n) is 69.7. The Balaban J connectivity index is 0. The second-order valence-corrected chi connectivity index (χ2v) is 28.2. The van der Waals surface area contributed by atoms with Crippen LogP contribution in [0.1, 0.15) is 166 Å². The standard InChI is InChI=1S/C13H13F3N4O.C12H14N4O2.C12H17N3O3.C11H15N3O3.C7H13NO2.C6H15N.C5H5ClN2O.C4H9N.C3H5ClO2.CH2O3.2CH4.2K.H/c1-19-7-9(4-18-19)12-17-5-10(11(21)13(14,15)16)20(12)6-8-2-3-8;1-15-7-9(4-14-15)11-13-5-10(12(17)18)16(11)6-8-2-3-8;1-14-7-10(5-13-14)12(17)15(6-9-3-4-9)8-11(16)18-2;1-13-6-9(4-12-13)11(17)14(7-10(15)16)5-8-2-3-8;1-10-7(9)5-8-4-6-2-3-6;1-4-7(5-2)6-3;1-8-3-4(2-7-8)5(6)9;5-3-4-1-2-4;1-6-3(5)2-4;2-1-4-3;;;;;/h4-5,7-8H,2-3,6H2,1H3;4-5,7-8H,2-3,6H2,1H3,(H,17,18);5,7,9H,3-4,6,8H2,1-2H3;4,6,8H,2-3,5,7H2,1H3,(H,15,16);6,8H,2-5H2,1H3;4-6H2,1-3H3;2-3H,1H3;4H,1-3,5H2;2H2,1H3;1,3H;2*1H4;;;/q;;;;;;;;;;;;2*+1;-1/p-1. The summed E-state index contributed by atoms with van der Waals surface area (Å²) in [6.07, 6.45) is 27.6. The number of hydrogen-bond donors (Lipinski definition) is 4. The minimum absolute atomic E-state index is 0. The number of imidazole rings is 2. The summed E-state index contributed by atoms with van der Waals surface area (Å²) in [5.41, 5.74) is 7.90. The number of esters is 3. The first kappa shape index (κ1) is 112. The van der Waals surface area contributed by atoms with E-state index >= 15 is 0 Å². The first-order valence-electron chi connectivity index (χ1n) is 37.2. The van der Waals surface area contributed by atoms with Gasteiger partial charge >= 0.3 is 139 Å². The Kier molecular flexibility index (Phi) is 55.5. The molecule has 119 heavy (non-hydrogen) atoms. The van der Waals surface area contributed by atoms with Gasteiger partial charge in [0, 0.05) is 92.4 Å². The van der Waals surface area contributed by atoms with Crippen molar-refractivity contribution in [1.29, 1.82) is 0 Å². The van der Waals surface area contributed by atoms with Gasteiger partial charge in [-0.1, -0.05) is 35.6 Å². The molecular formula is C76H116Cl2F3K2N19O17. The van der Waals surface area contributed by atoms with Crippen LogP contribution in [0, 0.1) is 35.5 Å². The summed E-state index contributed by atoms with van der Waals surface area (Å²) in [6, 6.07) is 0. The molecule has 36 nitrogen and oxygen atoms in total. The van der Waals surface area contributed by atoms with Gasteiger partial charge in [0.05, 0.1) is 99.1 Å². The van der Waals surface area contributed by atoms with Crippen molar-refractivity contribution in [3.8, 4) is 22.8 Å². The molecule has 0 radical (unpaired) electrons. The van der Waals surface area contributed by atoms with Crippen LogP contribution in [0.15, 0.2) is 74.4 Å². The van der Waals surface area contributed by atoms with Crippen molar-refractivity contribution >= 4 is 82.4 Å². The van der Waals surface area contributed by atoms with E-state index in [0.29, 0.717) is 83.8 Å². The van der Waals surface area contributed by atoms with Crippen LogP contribution in [0.4, 0.5) is 13.2 Å². The number of ketones is 1. The summed E-state index contributed by atoms with van der Waals surface area (Å²) < 4.78 is 62.2. The van der Waals surface area contributed by atoms with Crippen molar-refractivity contribution in [3.63, 3.8) is 0 Å². The Bertz CT molecular complexity index is 4180. The molecular weight excluding hydrogens is 1660 g/mol. The van der Waals surface area contributed by atoms with Crippen molar-refractivity contribution in [3.05, 3.63) is 102 Å². The summed E-state index contributed by atoms with van der Waals surface area (Å²) in [4.78, 5) is 125. The van der Waals surface area contributed by atoms with Gasteiger partial charge in [0.25, 0.3) is 29.3 Å². The van der Waals surface area contributed by atoms with Crippen molar-refractivity contribution in [2.45, 2.75) is 132 Å². The Hall–Kier alpha value is -6.95. The Morgan fingerprint density at radius 1 is 0.563 bits per heavy atom. The molecule has 0 aliphatic heterocycles. The van der Waals surface area contributed by atoms with Crippen molar-refractivity contribution in [2.24, 2.45) is 76.5 Å². The minimum Gasteiger partial charge on any atom is -1.00 e. The van der Waals surface area contributed by atoms with Gasteiger partial charge < -0.3 is 70.9 Å². The number of aromatic carboxylic acids is 1. The minimum atomic E-state index is -4.90. The van der Waals surface area contributed by atoms with Gasteiger partial charge in [-0.25, -0.2) is 14.8 Å². The molecule has 0 spiro atoms. The number of aromatic nitrogens is 14. The molecule has 6 fully saturated rings. The average Bonchev–Trinajstić information content (AvgIpc) is 1.63. The molecule has 7 aromatic heterocycles. The van der Waals surface area contributed by atoms with E-state index in [1.54, 1.807) is 78.0 Å². The number of hydrogen-bond acceptors (Lipinski definition) is 25. The molecule has 654 valence electrons. The SMILES string of the molecule is C.C.CCN(CC)CC.COC(=O)CCl.COC(=O)CN(CC1CC1)C(=O)c1cnn(C)c1.COC(=O)CNCC1CC1.Cn1cc(-c2ncc(C(=O)C(F)(F)F)n2CC2CC2)cn1.Cn1cc(-c2ncc(C(=O)O)n2CC2CC2)cn1.Cn1cc(C(=O)Cl)cn1.Cn1cc(C(=O)N(CC(=O)O)CC2CC2)cn1.NCC1CC1.O=CO[O-].[H-].[K+].[K+]. The number of amides is 2. The van der Waals surface area contributed by atoms with Gasteiger partial charge in [0.1, 0.15) is 42.0 Å². The van der Waals surface area contributed by atoms with E-state index < -0.39 is 46.8 Å². The average molecular weight is 1770 g/mol. The van der Waals surface area contributed by atoms with E-state index in [4.69, 9.17) is 44.1 Å². The van der Waals surface area contributed by atoms with Crippen molar-refractivity contribution in [1.82, 2.24) is 88.0 Å². The fourth-order valence-corrected chi connectivity index (χ4v) is 10.3. The second-order valence-electron chi connectivity index (χ2n) is 27.5. The molecule has 6 saturated carbocycles. The molecule has 43 heteroatoms. The number of nitrogens with two attached hydrogens (primary N) is 1. The number of carbonyl (C=O) groups is 10. The van der Waals surface area contributed by atoms with Crippen LogP contribution in [-0.4, -0.2) is 251 Å². The first-order chi connectivity index (χ1) is 54.7.